The summed E-state index contributed by atoms with van der Waals surface area (Å²) in [6, 6.07) is 0. The molecule has 1 heterocycles. The van der Waals surface area contributed by atoms with Crippen molar-refractivity contribution in [1.29, 1.82) is 0 Å². The molecule has 1 aliphatic heterocycles. The minimum absolute atomic E-state index is 0.0261. The zero-order valence-electron chi connectivity index (χ0n) is 27.8. The fourth-order valence-corrected chi connectivity index (χ4v) is 11.2. The maximum Gasteiger partial charge on any atom is 0.523 e. The molecule has 4 fully saturated rings. The number of aliphatic carboxylic acids is 1. The highest BCUT2D eigenvalue weighted by atomic mass is 32.2. The average molecular weight is 781 g/mol. The number of aldehydes is 1. The Morgan fingerprint density at radius 1 is 1.02 bits per heavy atom. The number of rotatable bonds is 12. The number of halogens is 6. The molecule has 7 unspecified atom stereocenters. The number of carboxylic acids is 1. The fourth-order valence-electron chi connectivity index (χ4n) is 9.96. The number of carboxylic acid groups (broad SMARTS) is 1. The Balaban J connectivity index is 1.64. The topological polar surface area (TPSA) is 169 Å². The van der Waals surface area contributed by atoms with Gasteiger partial charge in [0, 0.05) is 5.41 Å². The number of ether oxygens (including phenoxy) is 3. The number of hydrogen-bond donors (Lipinski definition) is 1. The summed E-state index contributed by atoms with van der Waals surface area (Å²) in [6.45, 7) is 5.04. The van der Waals surface area contributed by atoms with Crippen LogP contribution in [0.15, 0.2) is 11.6 Å². The van der Waals surface area contributed by atoms with Crippen LogP contribution in [0, 0.1) is 58.2 Å². The molecule has 4 bridgehead atoms. The Bertz CT molecular complexity index is 1710. The highest BCUT2D eigenvalue weighted by molar-refractivity contribution is 7.88. The predicted octanol–water partition coefficient (Wildman–Crippen LogP) is 4.16. The van der Waals surface area contributed by atoms with Crippen molar-refractivity contribution in [2.24, 2.45) is 45.8 Å². The van der Waals surface area contributed by atoms with Crippen LogP contribution in [-0.2, 0) is 52.4 Å². The van der Waals surface area contributed by atoms with E-state index in [4.69, 9.17) is 20.6 Å². The molecule has 12 atom stereocenters. The molecule has 5 aliphatic rings. The van der Waals surface area contributed by atoms with Gasteiger partial charge in [0.1, 0.15) is 30.5 Å². The summed E-state index contributed by atoms with van der Waals surface area (Å²) in [5.41, 5.74) is -16.7. The second-order valence-corrected chi connectivity index (χ2v) is 17.5. The number of carbonyl (C=O) groups is 2. The van der Waals surface area contributed by atoms with Crippen molar-refractivity contribution in [3.63, 3.8) is 0 Å². The molecule has 1 N–H and O–H groups in total. The SMILES string of the molecule is C#CCO[C@H]1[C@H](OS(=O)(=O)C(F)(F)F)[C@H](OS(=O)(=O)C(F)(F)F)[C@H](OCC23CC4C(C)CCC4C4(C=O)CC2C=C(C(C)C)C43C(=O)O)O[C@@H]1C. The number of allylic oxidation sites excluding steroid dienone is 1. The Hall–Kier alpha value is -2.28. The van der Waals surface area contributed by atoms with E-state index in [0.717, 1.165) is 6.92 Å². The van der Waals surface area contributed by atoms with Gasteiger partial charge < -0.3 is 24.1 Å². The van der Waals surface area contributed by atoms with E-state index in [1.54, 1.807) is 19.9 Å². The second kappa shape index (κ2) is 12.9. The monoisotopic (exact) mass is 780 g/mol. The third-order valence-corrected chi connectivity index (χ3v) is 13.8. The van der Waals surface area contributed by atoms with Gasteiger partial charge in [0.05, 0.1) is 18.1 Å². The van der Waals surface area contributed by atoms with Gasteiger partial charge in [-0.05, 0) is 55.8 Å². The van der Waals surface area contributed by atoms with Crippen LogP contribution in [0.5, 0.6) is 0 Å². The van der Waals surface area contributed by atoms with Gasteiger partial charge >= 0.3 is 37.2 Å². The van der Waals surface area contributed by atoms with Crippen molar-refractivity contribution in [2.75, 3.05) is 13.2 Å². The average Bonchev–Trinajstić information content (AvgIpc) is 3.57. The van der Waals surface area contributed by atoms with Gasteiger partial charge in [-0.3, -0.25) is 13.2 Å². The molecule has 5 rings (SSSR count). The number of fused-ring (bicyclic) bond motifs is 2. The lowest BCUT2D eigenvalue weighted by Gasteiger charge is -2.58. The molecular weight excluding hydrogens is 742 g/mol. The Morgan fingerprint density at radius 3 is 2.12 bits per heavy atom. The van der Waals surface area contributed by atoms with E-state index >= 15 is 0 Å². The molecule has 20 heteroatoms. The van der Waals surface area contributed by atoms with Gasteiger partial charge in [-0.1, -0.05) is 44.8 Å². The summed E-state index contributed by atoms with van der Waals surface area (Å²) < 4.78 is 156. The van der Waals surface area contributed by atoms with Crippen LogP contribution in [-0.4, -0.2) is 89.1 Å². The maximum atomic E-state index is 13.7. The van der Waals surface area contributed by atoms with Crippen molar-refractivity contribution in [1.82, 2.24) is 0 Å². The van der Waals surface area contributed by atoms with Crippen molar-refractivity contribution in [3.8, 4) is 12.3 Å². The first kappa shape index (κ1) is 39.9. The van der Waals surface area contributed by atoms with Crippen LogP contribution >= 0.6 is 0 Å². The lowest BCUT2D eigenvalue weighted by atomic mass is 9.43. The van der Waals surface area contributed by atoms with Crippen LogP contribution in [0.1, 0.15) is 53.4 Å². The van der Waals surface area contributed by atoms with Gasteiger partial charge in [-0.25, -0.2) is 0 Å². The van der Waals surface area contributed by atoms with Gasteiger partial charge in [0.15, 0.2) is 12.4 Å². The summed E-state index contributed by atoms with van der Waals surface area (Å²) >= 11 is 0. The molecule has 0 radical (unpaired) electrons. The molecule has 0 aromatic heterocycles. The van der Waals surface area contributed by atoms with E-state index in [0.29, 0.717) is 24.7 Å². The molecule has 0 spiro atoms. The first-order chi connectivity index (χ1) is 23.4. The third kappa shape index (κ3) is 5.75. The third-order valence-electron chi connectivity index (χ3n) is 11.8. The molecular formula is C31H38F6O12S2. The van der Waals surface area contributed by atoms with Gasteiger partial charge in [0.2, 0.25) is 0 Å². The number of carbonyl (C=O) groups excluding carboxylic acids is 1. The van der Waals surface area contributed by atoms with Crippen LogP contribution in [0.3, 0.4) is 0 Å². The van der Waals surface area contributed by atoms with Crippen LogP contribution in [0.4, 0.5) is 26.3 Å². The van der Waals surface area contributed by atoms with E-state index in [1.807, 2.05) is 12.8 Å². The number of terminal acetylenes is 1. The molecule has 0 aromatic carbocycles. The maximum absolute atomic E-state index is 13.7. The molecule has 4 aliphatic carbocycles. The smallest absolute Gasteiger partial charge is 0.481 e. The van der Waals surface area contributed by atoms with Crippen molar-refractivity contribution in [2.45, 2.75) is 95.1 Å². The highest BCUT2D eigenvalue weighted by Gasteiger charge is 2.84. The summed E-state index contributed by atoms with van der Waals surface area (Å²) in [5, 5.41) is 11.2. The Labute approximate surface area is 290 Å². The van der Waals surface area contributed by atoms with Crippen LogP contribution in [0.25, 0.3) is 0 Å². The van der Waals surface area contributed by atoms with Gasteiger partial charge in [0.25, 0.3) is 0 Å². The Kier molecular flexibility index (Phi) is 10.1. The van der Waals surface area contributed by atoms with Crippen molar-refractivity contribution < 1.29 is 80.5 Å². The highest BCUT2D eigenvalue weighted by Crippen LogP contribution is 2.82. The quantitative estimate of drug-likeness (QED) is 0.0751. The molecule has 0 aromatic rings. The van der Waals surface area contributed by atoms with Crippen LogP contribution < -0.4 is 0 Å². The standard InChI is InChI=1S/C31H38F6O12S2/c1-6-9-45-22-17(5)47-25(24(49-51(43,44)31(35,36)37)23(22)48-50(41,42)30(32,33)34)46-14-28-12-19-16(4)7-8-20(19)27(13-38)11-18(28)10-21(15(2)3)29(27,28)26(39)40/h1,10,13,15-20,22-25H,7-9,11-12,14H2,2-5H3,(H,39,40)/t16?,17-,18?,19?,20?,22-,23+,24+,25-,27?,28?,29?/m1/s1. The fraction of sp³-hybridized carbons (Fsp3) is 0.806. The summed E-state index contributed by atoms with van der Waals surface area (Å²) in [7, 11) is -13.4. The summed E-state index contributed by atoms with van der Waals surface area (Å²) in [6.07, 6.45) is -2.71. The van der Waals surface area contributed by atoms with E-state index in [2.05, 4.69) is 8.37 Å². The second-order valence-electron chi connectivity index (χ2n) is 14.4. The minimum atomic E-state index is -6.72. The molecule has 12 nitrogen and oxygen atoms in total. The van der Waals surface area contributed by atoms with E-state index in [1.165, 1.54) is 0 Å². The zero-order valence-corrected chi connectivity index (χ0v) is 29.4. The van der Waals surface area contributed by atoms with Gasteiger partial charge in [-0.2, -0.15) is 43.2 Å². The van der Waals surface area contributed by atoms with Gasteiger partial charge in [-0.15, -0.1) is 6.42 Å². The van der Waals surface area contributed by atoms with E-state index in [9.17, 15) is 57.9 Å². The Morgan fingerprint density at radius 2 is 1.61 bits per heavy atom. The van der Waals surface area contributed by atoms with Crippen molar-refractivity contribution >= 4 is 32.5 Å². The predicted molar refractivity (Wildman–Crippen MR) is 161 cm³/mol. The first-order valence-corrected chi connectivity index (χ1v) is 18.9. The minimum Gasteiger partial charge on any atom is -0.481 e. The summed E-state index contributed by atoms with van der Waals surface area (Å²) in [4.78, 5) is 27.0. The van der Waals surface area contributed by atoms with E-state index < -0.39 is 109 Å². The first-order valence-electron chi connectivity index (χ1n) is 16.1. The summed E-state index contributed by atoms with van der Waals surface area (Å²) in [5.74, 6) is -0.954. The largest absolute Gasteiger partial charge is 0.523 e. The normalized spacial score (nSPS) is 40.9. The molecule has 1 saturated heterocycles. The van der Waals surface area contributed by atoms with E-state index in [-0.39, 0.29) is 30.6 Å². The number of alkyl halides is 6. The number of hydrogen-bond acceptors (Lipinski definition) is 11. The zero-order chi connectivity index (χ0) is 38.3. The lowest BCUT2D eigenvalue weighted by molar-refractivity contribution is -0.300. The molecule has 0 amide bonds. The molecule has 3 saturated carbocycles. The lowest BCUT2D eigenvalue weighted by Crippen LogP contribution is -2.65. The van der Waals surface area contributed by atoms with Crippen molar-refractivity contribution in [3.05, 3.63) is 11.6 Å². The van der Waals surface area contributed by atoms with Crippen LogP contribution in [0.2, 0.25) is 0 Å². The molecule has 51 heavy (non-hydrogen) atoms. The molecule has 288 valence electrons.